The van der Waals surface area contributed by atoms with Gasteiger partial charge in [-0.05, 0) is 56.3 Å². The summed E-state index contributed by atoms with van der Waals surface area (Å²) in [6, 6.07) is 7.24. The largest absolute Gasteiger partial charge is 0.369 e. The molecule has 0 saturated heterocycles. The monoisotopic (exact) mass is 308 g/mol. The smallest absolute Gasteiger partial charge is 0.0411 e. The van der Waals surface area contributed by atoms with Crippen LogP contribution in [0.4, 0.5) is 5.69 Å². The van der Waals surface area contributed by atoms with Crippen molar-refractivity contribution >= 4 is 21.6 Å². The SMILES string of the molecule is CC(CN1CCc2ccc(Br)cc21)NCC1CC1. The molecule has 1 aliphatic carbocycles. The minimum atomic E-state index is 0.579. The molecule has 1 atom stereocenters. The number of nitrogens with one attached hydrogen (secondary N) is 1. The van der Waals surface area contributed by atoms with Crippen LogP contribution in [0.5, 0.6) is 0 Å². The lowest BCUT2D eigenvalue weighted by molar-refractivity contribution is 0.522. The lowest BCUT2D eigenvalue weighted by Gasteiger charge is -2.24. The zero-order valence-corrected chi connectivity index (χ0v) is 12.5. The Bertz CT molecular complexity index is 429. The van der Waals surface area contributed by atoms with Crippen molar-refractivity contribution in [2.45, 2.75) is 32.2 Å². The van der Waals surface area contributed by atoms with Crippen LogP contribution in [-0.4, -0.2) is 25.7 Å². The van der Waals surface area contributed by atoms with Crippen molar-refractivity contribution in [3.8, 4) is 0 Å². The Balaban J connectivity index is 1.59. The van der Waals surface area contributed by atoms with Gasteiger partial charge in [0.15, 0.2) is 0 Å². The zero-order chi connectivity index (χ0) is 12.5. The molecule has 3 heteroatoms. The summed E-state index contributed by atoms with van der Waals surface area (Å²) in [6.07, 6.45) is 4.05. The third kappa shape index (κ3) is 2.89. The molecule has 98 valence electrons. The third-order valence-electron chi connectivity index (χ3n) is 3.99. The average molecular weight is 309 g/mol. The van der Waals surface area contributed by atoms with Crippen LogP contribution in [0.1, 0.15) is 25.3 Å². The standard InChI is InChI=1S/C15H21BrN2/c1-11(17-9-12-2-3-12)10-18-7-6-13-4-5-14(16)8-15(13)18/h4-5,8,11-12,17H,2-3,6-7,9-10H2,1H3. The number of hydrogen-bond donors (Lipinski definition) is 1. The van der Waals surface area contributed by atoms with Crippen molar-refractivity contribution < 1.29 is 0 Å². The van der Waals surface area contributed by atoms with Crippen molar-refractivity contribution in [2.75, 3.05) is 24.5 Å². The molecular formula is C15H21BrN2. The Morgan fingerprint density at radius 2 is 2.28 bits per heavy atom. The van der Waals surface area contributed by atoms with Gasteiger partial charge in [0.25, 0.3) is 0 Å². The summed E-state index contributed by atoms with van der Waals surface area (Å²) in [5, 5.41) is 3.66. The summed E-state index contributed by atoms with van der Waals surface area (Å²) in [5.41, 5.74) is 2.91. The minimum Gasteiger partial charge on any atom is -0.369 e. The first-order chi connectivity index (χ1) is 8.72. The van der Waals surface area contributed by atoms with Gasteiger partial charge in [-0.3, -0.25) is 0 Å². The lowest BCUT2D eigenvalue weighted by atomic mass is 10.2. The maximum atomic E-state index is 3.66. The molecule has 1 unspecified atom stereocenters. The Hall–Kier alpha value is -0.540. The van der Waals surface area contributed by atoms with E-state index >= 15 is 0 Å². The van der Waals surface area contributed by atoms with Gasteiger partial charge in [0.05, 0.1) is 0 Å². The molecule has 0 bridgehead atoms. The molecule has 0 spiro atoms. The normalized spacial score (nSPS) is 20.0. The molecular weight excluding hydrogens is 288 g/mol. The number of anilines is 1. The van der Waals surface area contributed by atoms with E-state index in [2.05, 4.69) is 51.3 Å². The Morgan fingerprint density at radius 1 is 1.44 bits per heavy atom. The number of benzene rings is 1. The summed E-state index contributed by atoms with van der Waals surface area (Å²) in [6.45, 7) is 5.80. The molecule has 1 saturated carbocycles. The van der Waals surface area contributed by atoms with Crippen molar-refractivity contribution in [2.24, 2.45) is 5.92 Å². The van der Waals surface area contributed by atoms with Crippen LogP contribution in [0.25, 0.3) is 0 Å². The predicted octanol–water partition coefficient (Wildman–Crippen LogP) is 3.20. The van der Waals surface area contributed by atoms with Crippen LogP contribution in [0, 0.1) is 5.92 Å². The van der Waals surface area contributed by atoms with Crippen LogP contribution in [0.15, 0.2) is 22.7 Å². The van der Waals surface area contributed by atoms with Crippen LogP contribution >= 0.6 is 15.9 Å². The van der Waals surface area contributed by atoms with Crippen LogP contribution < -0.4 is 10.2 Å². The summed E-state index contributed by atoms with van der Waals surface area (Å²) in [7, 11) is 0. The molecule has 18 heavy (non-hydrogen) atoms. The second kappa shape index (κ2) is 5.22. The van der Waals surface area contributed by atoms with E-state index in [-0.39, 0.29) is 0 Å². The fourth-order valence-electron chi connectivity index (χ4n) is 2.69. The molecule has 2 nitrogen and oxygen atoms in total. The molecule has 3 rings (SSSR count). The predicted molar refractivity (Wildman–Crippen MR) is 80.2 cm³/mol. The van der Waals surface area contributed by atoms with Crippen LogP contribution in [-0.2, 0) is 6.42 Å². The second-order valence-corrected chi connectivity index (χ2v) is 6.64. The van der Waals surface area contributed by atoms with Gasteiger partial charge < -0.3 is 10.2 Å². The summed E-state index contributed by atoms with van der Waals surface area (Å²) in [4.78, 5) is 2.52. The Morgan fingerprint density at radius 3 is 3.06 bits per heavy atom. The summed E-state index contributed by atoms with van der Waals surface area (Å²) >= 11 is 3.57. The van der Waals surface area contributed by atoms with Gasteiger partial charge in [-0.25, -0.2) is 0 Å². The molecule has 0 aromatic heterocycles. The first-order valence-corrected chi connectivity index (χ1v) is 7.78. The van der Waals surface area contributed by atoms with Crippen molar-refractivity contribution in [1.29, 1.82) is 0 Å². The summed E-state index contributed by atoms with van der Waals surface area (Å²) in [5.74, 6) is 0.965. The lowest BCUT2D eigenvalue weighted by Crippen LogP contribution is -2.39. The number of nitrogens with zero attached hydrogens (tertiary/aromatic N) is 1. The number of hydrogen-bond acceptors (Lipinski definition) is 2. The molecule has 1 aliphatic heterocycles. The molecule has 1 fully saturated rings. The van der Waals surface area contributed by atoms with E-state index in [0.29, 0.717) is 6.04 Å². The van der Waals surface area contributed by atoms with E-state index in [1.165, 1.54) is 48.1 Å². The average Bonchev–Trinajstić information content (AvgIpc) is 3.11. The fourth-order valence-corrected chi connectivity index (χ4v) is 3.04. The van der Waals surface area contributed by atoms with E-state index in [1.807, 2.05) is 0 Å². The first kappa shape index (κ1) is 12.5. The molecule has 1 aromatic carbocycles. The van der Waals surface area contributed by atoms with Gasteiger partial charge in [0.1, 0.15) is 0 Å². The van der Waals surface area contributed by atoms with E-state index < -0.39 is 0 Å². The number of fused-ring (bicyclic) bond motifs is 1. The Labute approximate surface area is 118 Å². The Kier molecular flexibility index (Phi) is 3.62. The molecule has 1 N–H and O–H groups in total. The van der Waals surface area contributed by atoms with E-state index in [1.54, 1.807) is 0 Å². The number of halogens is 1. The van der Waals surface area contributed by atoms with E-state index in [4.69, 9.17) is 0 Å². The van der Waals surface area contributed by atoms with Crippen molar-refractivity contribution in [3.63, 3.8) is 0 Å². The topological polar surface area (TPSA) is 15.3 Å². The highest BCUT2D eigenvalue weighted by Gasteiger charge is 2.23. The third-order valence-corrected chi connectivity index (χ3v) is 4.48. The molecule has 1 aromatic rings. The van der Waals surface area contributed by atoms with Crippen molar-refractivity contribution in [3.05, 3.63) is 28.2 Å². The van der Waals surface area contributed by atoms with E-state index in [0.717, 1.165) is 12.5 Å². The first-order valence-electron chi connectivity index (χ1n) is 6.99. The van der Waals surface area contributed by atoms with Crippen LogP contribution in [0.3, 0.4) is 0 Å². The van der Waals surface area contributed by atoms with Gasteiger partial charge >= 0.3 is 0 Å². The molecule has 1 heterocycles. The molecule has 2 aliphatic rings. The van der Waals surface area contributed by atoms with Gasteiger partial charge in [-0.15, -0.1) is 0 Å². The summed E-state index contributed by atoms with van der Waals surface area (Å²) < 4.78 is 1.19. The quantitative estimate of drug-likeness (QED) is 0.898. The minimum absolute atomic E-state index is 0.579. The highest BCUT2D eigenvalue weighted by atomic mass is 79.9. The van der Waals surface area contributed by atoms with Crippen LogP contribution in [0.2, 0.25) is 0 Å². The fraction of sp³-hybridized carbons (Fsp3) is 0.600. The molecule has 0 radical (unpaired) electrons. The zero-order valence-electron chi connectivity index (χ0n) is 11.0. The van der Waals surface area contributed by atoms with Crippen molar-refractivity contribution in [1.82, 2.24) is 5.32 Å². The van der Waals surface area contributed by atoms with Gasteiger partial charge in [0, 0.05) is 29.3 Å². The number of rotatable bonds is 5. The van der Waals surface area contributed by atoms with Gasteiger partial charge in [-0.1, -0.05) is 22.0 Å². The maximum absolute atomic E-state index is 3.66. The van der Waals surface area contributed by atoms with Gasteiger partial charge in [-0.2, -0.15) is 0 Å². The molecule has 0 amide bonds. The van der Waals surface area contributed by atoms with E-state index in [9.17, 15) is 0 Å². The maximum Gasteiger partial charge on any atom is 0.0411 e. The highest BCUT2D eigenvalue weighted by molar-refractivity contribution is 9.10. The highest BCUT2D eigenvalue weighted by Crippen LogP contribution is 2.31. The van der Waals surface area contributed by atoms with Gasteiger partial charge in [0.2, 0.25) is 0 Å². The second-order valence-electron chi connectivity index (χ2n) is 5.72.